The summed E-state index contributed by atoms with van der Waals surface area (Å²) in [6, 6.07) is 10.3. The molecule has 0 spiro atoms. The number of carbonyl (C=O) groups is 1. The third kappa shape index (κ3) is 3.06. The second-order valence-electron chi connectivity index (χ2n) is 4.78. The Morgan fingerprint density at radius 2 is 1.95 bits per heavy atom. The molecule has 1 aromatic heterocycles. The number of rotatable bonds is 3. The molecule has 2 aromatic rings. The average Bonchev–Trinajstić information content (AvgIpc) is 2.40. The van der Waals surface area contributed by atoms with Crippen LogP contribution in [0.25, 0.3) is 0 Å². The van der Waals surface area contributed by atoms with E-state index in [2.05, 4.69) is 10.3 Å². The predicted octanol–water partition coefficient (Wildman–Crippen LogP) is 2.00. The molecule has 1 amide bonds. The molecule has 2 N–H and O–H groups in total. The zero-order chi connectivity index (χ0) is 14.7. The summed E-state index contributed by atoms with van der Waals surface area (Å²) in [6.45, 7) is 1.93. The first kappa shape index (κ1) is 13.9. The van der Waals surface area contributed by atoms with Crippen LogP contribution in [0.1, 0.15) is 16.1 Å². The van der Waals surface area contributed by atoms with Gasteiger partial charge in [-0.3, -0.25) is 9.59 Å². The van der Waals surface area contributed by atoms with E-state index in [0.29, 0.717) is 0 Å². The van der Waals surface area contributed by atoms with Crippen LogP contribution >= 0.6 is 0 Å². The first-order valence-electron chi connectivity index (χ1n) is 6.26. The molecule has 0 aliphatic carbocycles. The SMILES string of the molecule is Cc1cc(N(C)C)ccc1NC(=O)c1cccc(=O)[nH]1. The maximum Gasteiger partial charge on any atom is 0.272 e. The fraction of sp³-hybridized carbons (Fsp3) is 0.200. The number of hydrogen-bond acceptors (Lipinski definition) is 3. The number of aryl methyl sites for hydroxylation is 1. The summed E-state index contributed by atoms with van der Waals surface area (Å²) in [6.07, 6.45) is 0. The molecule has 0 atom stereocenters. The molecule has 5 nitrogen and oxygen atoms in total. The van der Waals surface area contributed by atoms with Gasteiger partial charge in [-0.15, -0.1) is 0 Å². The quantitative estimate of drug-likeness (QED) is 0.897. The number of hydrogen-bond donors (Lipinski definition) is 2. The first-order valence-corrected chi connectivity index (χ1v) is 6.26. The van der Waals surface area contributed by atoms with Gasteiger partial charge < -0.3 is 15.2 Å². The molecule has 2 rings (SSSR count). The van der Waals surface area contributed by atoms with E-state index >= 15 is 0 Å². The Bertz CT molecular complexity index is 690. The van der Waals surface area contributed by atoms with Gasteiger partial charge in [0, 0.05) is 31.5 Å². The highest BCUT2D eigenvalue weighted by Crippen LogP contribution is 2.21. The first-order chi connectivity index (χ1) is 9.47. The van der Waals surface area contributed by atoms with Crippen LogP contribution in [-0.2, 0) is 0 Å². The third-order valence-corrected chi connectivity index (χ3v) is 2.99. The van der Waals surface area contributed by atoms with Gasteiger partial charge in [0.15, 0.2) is 0 Å². The van der Waals surface area contributed by atoms with Crippen molar-refractivity contribution in [2.75, 3.05) is 24.3 Å². The molecular formula is C15H17N3O2. The monoisotopic (exact) mass is 271 g/mol. The van der Waals surface area contributed by atoms with Gasteiger partial charge in [0.25, 0.3) is 5.91 Å². The van der Waals surface area contributed by atoms with E-state index in [1.54, 1.807) is 12.1 Å². The Hall–Kier alpha value is -2.56. The highest BCUT2D eigenvalue weighted by molar-refractivity contribution is 6.03. The van der Waals surface area contributed by atoms with E-state index in [0.717, 1.165) is 16.9 Å². The van der Waals surface area contributed by atoms with Crippen LogP contribution in [0.4, 0.5) is 11.4 Å². The number of nitrogens with one attached hydrogen (secondary N) is 2. The number of carbonyl (C=O) groups excluding carboxylic acids is 1. The molecule has 0 saturated carbocycles. The molecular weight excluding hydrogens is 254 g/mol. The summed E-state index contributed by atoms with van der Waals surface area (Å²) in [4.78, 5) is 27.7. The Kier molecular flexibility index (Phi) is 3.89. The predicted molar refractivity (Wildman–Crippen MR) is 80.5 cm³/mol. The second-order valence-corrected chi connectivity index (χ2v) is 4.78. The van der Waals surface area contributed by atoms with Gasteiger partial charge in [0.2, 0.25) is 5.56 Å². The molecule has 0 aliphatic rings. The molecule has 104 valence electrons. The van der Waals surface area contributed by atoms with E-state index in [9.17, 15) is 9.59 Å². The van der Waals surface area contributed by atoms with Crippen molar-refractivity contribution in [1.82, 2.24) is 4.98 Å². The average molecular weight is 271 g/mol. The second kappa shape index (κ2) is 5.61. The largest absolute Gasteiger partial charge is 0.378 e. The lowest BCUT2D eigenvalue weighted by molar-refractivity contribution is 0.102. The number of aromatic nitrogens is 1. The highest BCUT2D eigenvalue weighted by Gasteiger charge is 2.09. The summed E-state index contributed by atoms with van der Waals surface area (Å²) in [5.41, 5.74) is 2.70. The van der Waals surface area contributed by atoms with Crippen molar-refractivity contribution >= 4 is 17.3 Å². The third-order valence-electron chi connectivity index (χ3n) is 2.99. The van der Waals surface area contributed by atoms with Crippen LogP contribution in [0.3, 0.4) is 0 Å². The molecule has 1 heterocycles. The van der Waals surface area contributed by atoms with Crippen molar-refractivity contribution in [3.8, 4) is 0 Å². The Balaban J connectivity index is 2.22. The number of anilines is 2. The number of aromatic amines is 1. The molecule has 0 radical (unpaired) electrons. The minimum atomic E-state index is -0.330. The standard InChI is InChI=1S/C15H17N3O2/c1-10-9-11(18(2)3)7-8-12(10)17-15(20)13-5-4-6-14(19)16-13/h4-9H,1-3H3,(H,16,19)(H,17,20). The van der Waals surface area contributed by atoms with E-state index in [-0.39, 0.29) is 17.2 Å². The maximum absolute atomic E-state index is 12.0. The van der Waals surface area contributed by atoms with Crippen LogP contribution < -0.4 is 15.8 Å². The fourth-order valence-corrected chi connectivity index (χ4v) is 1.84. The van der Waals surface area contributed by atoms with Crippen LogP contribution in [0, 0.1) is 6.92 Å². The molecule has 0 saturated heterocycles. The van der Waals surface area contributed by atoms with E-state index < -0.39 is 0 Å². The van der Waals surface area contributed by atoms with Crippen molar-refractivity contribution in [3.63, 3.8) is 0 Å². The summed E-state index contributed by atoms with van der Waals surface area (Å²) >= 11 is 0. The number of H-pyrrole nitrogens is 1. The zero-order valence-electron chi connectivity index (χ0n) is 11.7. The van der Waals surface area contributed by atoms with Gasteiger partial charge in [0.05, 0.1) is 0 Å². The van der Waals surface area contributed by atoms with Crippen molar-refractivity contribution < 1.29 is 4.79 Å². The molecule has 5 heteroatoms. The fourth-order valence-electron chi connectivity index (χ4n) is 1.84. The summed E-state index contributed by atoms with van der Waals surface area (Å²) in [5, 5.41) is 2.79. The number of pyridine rings is 1. The number of benzene rings is 1. The summed E-state index contributed by atoms with van der Waals surface area (Å²) < 4.78 is 0. The van der Waals surface area contributed by atoms with Gasteiger partial charge in [-0.05, 0) is 36.8 Å². The highest BCUT2D eigenvalue weighted by atomic mass is 16.2. The lowest BCUT2D eigenvalue weighted by Crippen LogP contribution is -2.18. The van der Waals surface area contributed by atoms with Crippen LogP contribution in [0.5, 0.6) is 0 Å². The van der Waals surface area contributed by atoms with E-state index in [1.807, 2.05) is 44.1 Å². The van der Waals surface area contributed by atoms with Crippen LogP contribution in [0.2, 0.25) is 0 Å². The van der Waals surface area contributed by atoms with Crippen LogP contribution in [0.15, 0.2) is 41.2 Å². The van der Waals surface area contributed by atoms with Crippen molar-refractivity contribution in [3.05, 3.63) is 58.0 Å². The molecule has 1 aromatic carbocycles. The van der Waals surface area contributed by atoms with Gasteiger partial charge in [-0.1, -0.05) is 6.07 Å². The Morgan fingerprint density at radius 1 is 1.20 bits per heavy atom. The molecule has 20 heavy (non-hydrogen) atoms. The van der Waals surface area contributed by atoms with Crippen molar-refractivity contribution in [2.24, 2.45) is 0 Å². The van der Waals surface area contributed by atoms with Crippen molar-refractivity contribution in [1.29, 1.82) is 0 Å². The minimum absolute atomic E-state index is 0.244. The van der Waals surface area contributed by atoms with Gasteiger partial charge in [-0.2, -0.15) is 0 Å². The number of amides is 1. The Morgan fingerprint density at radius 3 is 2.55 bits per heavy atom. The lowest BCUT2D eigenvalue weighted by Gasteiger charge is -2.15. The summed E-state index contributed by atoms with van der Waals surface area (Å²) in [7, 11) is 3.92. The molecule has 0 bridgehead atoms. The molecule has 0 aliphatic heterocycles. The lowest BCUT2D eigenvalue weighted by atomic mass is 10.1. The van der Waals surface area contributed by atoms with Gasteiger partial charge >= 0.3 is 0 Å². The maximum atomic E-state index is 12.0. The zero-order valence-corrected chi connectivity index (χ0v) is 11.7. The molecule has 0 unspecified atom stereocenters. The Labute approximate surface area is 117 Å². The topological polar surface area (TPSA) is 65.2 Å². The van der Waals surface area contributed by atoms with E-state index in [4.69, 9.17) is 0 Å². The normalized spacial score (nSPS) is 10.2. The van der Waals surface area contributed by atoms with Gasteiger partial charge in [-0.25, -0.2) is 0 Å². The van der Waals surface area contributed by atoms with Crippen molar-refractivity contribution in [2.45, 2.75) is 6.92 Å². The number of nitrogens with zero attached hydrogens (tertiary/aromatic N) is 1. The van der Waals surface area contributed by atoms with E-state index in [1.165, 1.54) is 6.07 Å². The smallest absolute Gasteiger partial charge is 0.272 e. The summed E-state index contributed by atoms with van der Waals surface area (Å²) in [5.74, 6) is -0.330. The van der Waals surface area contributed by atoms with Gasteiger partial charge in [0.1, 0.15) is 5.69 Å². The van der Waals surface area contributed by atoms with Crippen LogP contribution in [-0.4, -0.2) is 25.0 Å². The molecule has 0 fully saturated rings. The minimum Gasteiger partial charge on any atom is -0.378 e.